The molecule has 0 bridgehead atoms. The smallest absolute Gasteiger partial charge is 0.0449 e. The van der Waals surface area contributed by atoms with Crippen molar-refractivity contribution in [3.05, 3.63) is 35.4 Å². The van der Waals surface area contributed by atoms with Crippen LogP contribution in [0.15, 0.2) is 24.3 Å². The van der Waals surface area contributed by atoms with Crippen molar-refractivity contribution in [2.24, 2.45) is 0 Å². The Kier molecular flexibility index (Phi) is 5.48. The fraction of sp³-hybridized carbons (Fsp3) is 0.556. The summed E-state index contributed by atoms with van der Waals surface area (Å²) >= 11 is 0. The van der Waals surface area contributed by atoms with Crippen LogP contribution in [0.5, 0.6) is 0 Å². The lowest BCUT2D eigenvalue weighted by Gasteiger charge is -2.20. The Morgan fingerprint density at radius 1 is 1.11 bits per heavy atom. The summed E-state index contributed by atoms with van der Waals surface area (Å²) in [6.07, 6.45) is 10.5. The lowest BCUT2D eigenvalue weighted by Crippen LogP contribution is -2.11. The van der Waals surface area contributed by atoms with Crippen LogP contribution in [0.25, 0.3) is 0 Å². The molecule has 0 aromatic heterocycles. The maximum atomic E-state index is 5.66. The highest BCUT2D eigenvalue weighted by Crippen LogP contribution is 2.26. The highest BCUT2D eigenvalue weighted by Gasteiger charge is 2.14. The highest BCUT2D eigenvalue weighted by molar-refractivity contribution is 5.32. The van der Waals surface area contributed by atoms with Gasteiger partial charge in [-0.3, -0.25) is 0 Å². The third-order valence-corrected chi connectivity index (χ3v) is 3.48. The Labute approximate surface area is 113 Å². The number of benzene rings is 1. The van der Waals surface area contributed by atoms with Gasteiger partial charge in [0.2, 0.25) is 0 Å². The molecule has 98 valence electrons. The zero-order valence-electron chi connectivity index (χ0n) is 12.3. The molecule has 1 aromatic rings. The van der Waals surface area contributed by atoms with Crippen LogP contribution in [0.2, 0.25) is 0 Å². The Bertz CT molecular complexity index is 384. The lowest BCUT2D eigenvalue weighted by atomic mass is 9.85. The van der Waals surface area contributed by atoms with E-state index in [9.17, 15) is 0 Å². The van der Waals surface area contributed by atoms with Crippen molar-refractivity contribution >= 4 is 0 Å². The average molecular weight is 242 g/mol. The number of unbranched alkanes of at least 4 members (excludes halogenated alkanes) is 2. The molecule has 0 radical (unpaired) electrons. The molecule has 1 aromatic carbocycles. The lowest BCUT2D eigenvalue weighted by molar-refractivity contribution is 0.589. The molecule has 0 aliphatic heterocycles. The average Bonchev–Trinajstić information content (AvgIpc) is 2.34. The first-order valence-corrected chi connectivity index (χ1v) is 7.05. The zero-order valence-corrected chi connectivity index (χ0v) is 12.3. The van der Waals surface area contributed by atoms with Gasteiger partial charge in [-0.2, -0.15) is 0 Å². The molecule has 0 aliphatic carbocycles. The minimum Gasteiger partial charge on any atom is -0.119 e. The summed E-state index contributed by atoms with van der Waals surface area (Å²) in [5.74, 6) is 3.22. The first-order valence-electron chi connectivity index (χ1n) is 7.05. The van der Waals surface area contributed by atoms with Gasteiger partial charge in [0, 0.05) is 5.92 Å². The molecule has 18 heavy (non-hydrogen) atoms. The van der Waals surface area contributed by atoms with E-state index in [1.807, 2.05) is 0 Å². The fourth-order valence-corrected chi connectivity index (χ4v) is 2.16. The van der Waals surface area contributed by atoms with Crippen LogP contribution in [0.4, 0.5) is 0 Å². The van der Waals surface area contributed by atoms with Crippen molar-refractivity contribution in [3.8, 4) is 12.3 Å². The van der Waals surface area contributed by atoms with E-state index in [1.54, 1.807) is 0 Å². The summed E-state index contributed by atoms with van der Waals surface area (Å²) in [4.78, 5) is 0. The second-order valence-corrected chi connectivity index (χ2v) is 6.09. The van der Waals surface area contributed by atoms with Gasteiger partial charge in [0.1, 0.15) is 0 Å². The summed E-state index contributed by atoms with van der Waals surface area (Å²) in [6, 6.07) is 8.85. The summed E-state index contributed by atoms with van der Waals surface area (Å²) in [5.41, 5.74) is 2.88. The third kappa shape index (κ3) is 4.22. The van der Waals surface area contributed by atoms with Crippen LogP contribution >= 0.6 is 0 Å². The minimum absolute atomic E-state index is 0.215. The minimum atomic E-state index is 0.215. The van der Waals surface area contributed by atoms with E-state index in [0.29, 0.717) is 0 Å². The van der Waals surface area contributed by atoms with Gasteiger partial charge >= 0.3 is 0 Å². The van der Waals surface area contributed by atoms with E-state index in [1.165, 1.54) is 30.4 Å². The van der Waals surface area contributed by atoms with Crippen LogP contribution in [0.1, 0.15) is 70.4 Å². The van der Waals surface area contributed by atoms with Gasteiger partial charge in [0.05, 0.1) is 0 Å². The normalized spacial score (nSPS) is 13.1. The molecule has 0 amide bonds. The Hall–Kier alpha value is -1.22. The van der Waals surface area contributed by atoms with Crippen molar-refractivity contribution in [2.75, 3.05) is 0 Å². The largest absolute Gasteiger partial charge is 0.119 e. The summed E-state index contributed by atoms with van der Waals surface area (Å²) in [5, 5.41) is 0. The summed E-state index contributed by atoms with van der Waals surface area (Å²) < 4.78 is 0. The first-order chi connectivity index (χ1) is 8.49. The topological polar surface area (TPSA) is 0 Å². The molecule has 0 fully saturated rings. The molecule has 0 saturated heterocycles. The molecular formula is C18H26. The van der Waals surface area contributed by atoms with Gasteiger partial charge in [-0.1, -0.05) is 77.1 Å². The maximum absolute atomic E-state index is 5.66. The van der Waals surface area contributed by atoms with Gasteiger partial charge in [-0.25, -0.2) is 0 Å². The van der Waals surface area contributed by atoms with E-state index >= 15 is 0 Å². The number of hydrogen-bond acceptors (Lipinski definition) is 0. The monoisotopic (exact) mass is 242 g/mol. The molecular weight excluding hydrogens is 216 g/mol. The fourth-order valence-electron chi connectivity index (χ4n) is 2.16. The van der Waals surface area contributed by atoms with Crippen LogP contribution in [-0.4, -0.2) is 0 Å². The number of rotatable bonds is 5. The van der Waals surface area contributed by atoms with E-state index in [0.717, 1.165) is 6.42 Å². The third-order valence-electron chi connectivity index (χ3n) is 3.48. The molecule has 0 aliphatic rings. The second-order valence-electron chi connectivity index (χ2n) is 6.09. The van der Waals surface area contributed by atoms with Crippen LogP contribution in [0.3, 0.4) is 0 Å². The van der Waals surface area contributed by atoms with E-state index in [4.69, 9.17) is 6.42 Å². The molecule has 0 heteroatoms. The van der Waals surface area contributed by atoms with E-state index in [-0.39, 0.29) is 11.3 Å². The Morgan fingerprint density at radius 2 is 1.72 bits per heavy atom. The molecule has 1 unspecified atom stereocenters. The zero-order chi connectivity index (χ0) is 13.6. The van der Waals surface area contributed by atoms with E-state index in [2.05, 4.69) is 57.9 Å². The van der Waals surface area contributed by atoms with Gasteiger partial charge in [0.15, 0.2) is 0 Å². The van der Waals surface area contributed by atoms with Gasteiger partial charge in [-0.05, 0) is 23.0 Å². The summed E-state index contributed by atoms with van der Waals surface area (Å²) in [6.45, 7) is 8.94. The molecule has 1 rings (SSSR count). The molecule has 0 saturated carbocycles. The number of hydrogen-bond donors (Lipinski definition) is 0. The second kappa shape index (κ2) is 6.64. The SMILES string of the molecule is C#CC(CCCCC)c1ccc(C(C)(C)C)cc1. The quantitative estimate of drug-likeness (QED) is 0.486. The maximum Gasteiger partial charge on any atom is 0.0449 e. The highest BCUT2D eigenvalue weighted by atomic mass is 14.2. The van der Waals surface area contributed by atoms with Gasteiger partial charge in [-0.15, -0.1) is 6.42 Å². The first kappa shape index (κ1) is 14.8. The molecule has 0 nitrogen and oxygen atoms in total. The molecule has 0 N–H and O–H groups in total. The Balaban J connectivity index is 2.74. The van der Waals surface area contributed by atoms with Crippen LogP contribution < -0.4 is 0 Å². The van der Waals surface area contributed by atoms with Crippen LogP contribution in [-0.2, 0) is 5.41 Å². The number of terminal acetylenes is 1. The predicted octanol–water partition coefficient (Wildman–Crippen LogP) is 5.28. The van der Waals surface area contributed by atoms with Crippen molar-refractivity contribution in [3.63, 3.8) is 0 Å². The molecule has 1 atom stereocenters. The van der Waals surface area contributed by atoms with E-state index < -0.39 is 0 Å². The van der Waals surface area contributed by atoms with Crippen molar-refractivity contribution < 1.29 is 0 Å². The van der Waals surface area contributed by atoms with Gasteiger partial charge < -0.3 is 0 Å². The van der Waals surface area contributed by atoms with Crippen molar-refractivity contribution in [2.45, 2.75) is 64.7 Å². The molecule has 0 spiro atoms. The Morgan fingerprint density at radius 3 is 2.17 bits per heavy atom. The van der Waals surface area contributed by atoms with Crippen LogP contribution in [0, 0.1) is 12.3 Å². The standard InChI is InChI=1S/C18H26/c1-6-8-9-10-15(7-2)16-11-13-17(14-12-16)18(3,4)5/h2,11-15H,6,8-10H2,1,3-5H3. The van der Waals surface area contributed by atoms with Crippen molar-refractivity contribution in [1.29, 1.82) is 0 Å². The van der Waals surface area contributed by atoms with Crippen molar-refractivity contribution in [1.82, 2.24) is 0 Å². The predicted molar refractivity (Wildman–Crippen MR) is 80.9 cm³/mol. The molecule has 0 heterocycles. The summed E-state index contributed by atoms with van der Waals surface area (Å²) in [7, 11) is 0. The van der Waals surface area contributed by atoms with Gasteiger partial charge in [0.25, 0.3) is 0 Å².